The fraction of sp³-hybridized carbons (Fsp3) is 0.593. The Morgan fingerprint density at radius 1 is 0.297 bits per heavy atom. The SMILES string of the molecule is CC1=CC(C)([Si](c2cc([Si](C)(C)C)c([Si](C)(C)C)c([Si](C)(C)C)c2)(c2cc([Si](C)(C)C)c([Si](C)(C)C)c([Si](C)(C)C)c2)c2cc([Si](C)(C)C)c([Si](C)(C)C)c([Si](C)(C)C)c2)C(C)=C1C. The van der Waals surface area contributed by atoms with Crippen molar-refractivity contribution < 1.29 is 0 Å². The molecule has 3 aromatic carbocycles. The van der Waals surface area contributed by atoms with E-state index in [0.29, 0.717) is 0 Å². The minimum atomic E-state index is -3.12. The van der Waals surface area contributed by atoms with E-state index in [1.807, 2.05) is 15.6 Å². The number of benzene rings is 3. The van der Waals surface area contributed by atoms with Crippen LogP contribution in [0.4, 0.5) is 0 Å². The molecule has 0 N–H and O–H groups in total. The van der Waals surface area contributed by atoms with Gasteiger partial charge in [-0.3, -0.25) is 0 Å². The first-order chi connectivity index (χ1) is 28.1. The second kappa shape index (κ2) is 17.0. The van der Waals surface area contributed by atoms with Gasteiger partial charge in [0.25, 0.3) is 0 Å². The molecule has 356 valence electrons. The van der Waals surface area contributed by atoms with E-state index in [1.165, 1.54) is 11.1 Å². The molecule has 1 atom stereocenters. The number of rotatable bonds is 13. The minimum absolute atomic E-state index is 0.169. The zero-order valence-corrected chi connectivity index (χ0v) is 58.0. The van der Waals surface area contributed by atoms with E-state index >= 15 is 0 Å². The van der Waals surface area contributed by atoms with Crippen molar-refractivity contribution in [1.82, 2.24) is 0 Å². The van der Waals surface area contributed by atoms with Crippen LogP contribution in [0.1, 0.15) is 27.7 Å². The minimum Gasteiger partial charge on any atom is -0.0730 e. The van der Waals surface area contributed by atoms with Gasteiger partial charge in [0.2, 0.25) is 0 Å². The van der Waals surface area contributed by atoms with Crippen LogP contribution < -0.4 is 62.2 Å². The maximum atomic E-state index is 2.97. The van der Waals surface area contributed by atoms with Crippen molar-refractivity contribution in [3.63, 3.8) is 0 Å². The van der Waals surface area contributed by atoms with Crippen LogP contribution in [-0.4, -0.2) is 80.7 Å². The molecule has 0 aliphatic heterocycles. The first kappa shape index (κ1) is 55.9. The lowest BCUT2D eigenvalue weighted by Gasteiger charge is -2.50. The Hall–Kier alpha value is -0.691. The summed E-state index contributed by atoms with van der Waals surface area (Å²) in [6, 6.07) is 17.8. The summed E-state index contributed by atoms with van der Waals surface area (Å²) in [7, 11) is -19.6. The summed E-state index contributed by atoms with van der Waals surface area (Å²) in [6.45, 7) is 82.3. The predicted molar refractivity (Wildman–Crippen MR) is 331 cm³/mol. The summed E-state index contributed by atoms with van der Waals surface area (Å²) in [4.78, 5) is 0. The van der Waals surface area contributed by atoms with Gasteiger partial charge in [-0.2, -0.15) is 0 Å². The lowest BCUT2D eigenvalue weighted by atomic mass is 10.0. The van der Waals surface area contributed by atoms with Crippen molar-refractivity contribution >= 4 is 143 Å². The fourth-order valence-corrected chi connectivity index (χ4v) is 46.7. The summed E-state index contributed by atoms with van der Waals surface area (Å²) in [5.41, 5.74) is 4.64. The maximum absolute atomic E-state index is 3.12. The van der Waals surface area contributed by atoms with Gasteiger partial charge in [0, 0.05) is 5.04 Å². The van der Waals surface area contributed by atoms with E-state index in [2.05, 4.69) is 247 Å². The molecule has 10 heteroatoms. The van der Waals surface area contributed by atoms with Crippen molar-refractivity contribution in [2.45, 2.75) is 210 Å². The van der Waals surface area contributed by atoms with Gasteiger partial charge in [-0.05, 0) is 41.9 Å². The highest BCUT2D eigenvalue weighted by molar-refractivity contribution is 7.17. The van der Waals surface area contributed by atoms with E-state index < -0.39 is 80.7 Å². The van der Waals surface area contributed by atoms with Gasteiger partial charge in [-0.25, -0.2) is 0 Å². The maximum Gasteiger partial charge on any atom is 0.161 e. The molecule has 0 nitrogen and oxygen atoms in total. The normalized spacial score (nSPS) is 18.0. The summed E-state index contributed by atoms with van der Waals surface area (Å²) in [6.07, 6.45) is 2.85. The highest BCUT2D eigenvalue weighted by atomic mass is 28.3. The molecule has 3 aromatic rings. The Balaban J connectivity index is 2.78. The summed E-state index contributed by atoms with van der Waals surface area (Å²) < 4.78 is 0. The third kappa shape index (κ3) is 10.3. The second-order valence-corrected chi connectivity index (χ2v) is 79.6. The van der Waals surface area contributed by atoms with Crippen LogP contribution in [0, 0.1) is 0 Å². The number of hydrogen-bond acceptors (Lipinski definition) is 0. The molecule has 4 rings (SSSR count). The lowest BCUT2D eigenvalue weighted by Crippen LogP contribution is -2.80. The average Bonchev–Trinajstić information content (AvgIpc) is 3.26. The topological polar surface area (TPSA) is 0 Å². The summed E-state index contributed by atoms with van der Waals surface area (Å²) in [5.74, 6) is 0. The zero-order chi connectivity index (χ0) is 50.1. The van der Waals surface area contributed by atoms with E-state index in [1.54, 1.807) is 52.3 Å². The van der Waals surface area contributed by atoms with Gasteiger partial charge in [-0.15, -0.1) is 0 Å². The third-order valence-corrected chi connectivity index (χ3v) is 40.2. The van der Waals surface area contributed by atoms with Crippen LogP contribution in [0.25, 0.3) is 0 Å². The largest absolute Gasteiger partial charge is 0.161 e. The fourth-order valence-electron chi connectivity index (χ4n) is 11.7. The highest BCUT2D eigenvalue weighted by Gasteiger charge is 2.58. The smallest absolute Gasteiger partial charge is 0.0730 e. The monoisotopic (exact) mass is 1030 g/mol. The molecular formula is C54H100Si10. The van der Waals surface area contributed by atoms with Crippen LogP contribution >= 0.6 is 0 Å². The van der Waals surface area contributed by atoms with E-state index in [9.17, 15) is 0 Å². The predicted octanol–water partition coefficient (Wildman–Crippen LogP) is 10.1. The molecule has 64 heavy (non-hydrogen) atoms. The Morgan fingerprint density at radius 2 is 0.484 bits per heavy atom. The van der Waals surface area contributed by atoms with Gasteiger partial charge >= 0.3 is 0 Å². The van der Waals surface area contributed by atoms with Crippen molar-refractivity contribution in [3.05, 3.63) is 59.2 Å². The van der Waals surface area contributed by atoms with Gasteiger partial charge < -0.3 is 0 Å². The molecule has 0 amide bonds. The van der Waals surface area contributed by atoms with Crippen molar-refractivity contribution in [3.8, 4) is 0 Å². The van der Waals surface area contributed by atoms with Gasteiger partial charge in [-0.1, -0.05) is 284 Å². The van der Waals surface area contributed by atoms with Crippen LogP contribution in [0.15, 0.2) is 59.2 Å². The first-order valence-corrected chi connectivity index (χ1v) is 58.5. The Bertz CT molecular complexity index is 2040. The second-order valence-electron chi connectivity index (χ2n) is 30.1. The molecule has 0 heterocycles. The zero-order valence-electron chi connectivity index (χ0n) is 48.0. The van der Waals surface area contributed by atoms with Crippen molar-refractivity contribution in [2.75, 3.05) is 0 Å². The number of hydrogen-bond donors (Lipinski definition) is 0. The van der Waals surface area contributed by atoms with Crippen molar-refractivity contribution in [2.24, 2.45) is 0 Å². The van der Waals surface area contributed by atoms with Gasteiger partial charge in [0.15, 0.2) is 8.07 Å². The van der Waals surface area contributed by atoms with Gasteiger partial charge in [0.05, 0.1) is 72.7 Å². The first-order valence-electron chi connectivity index (χ1n) is 25.0. The van der Waals surface area contributed by atoms with Crippen molar-refractivity contribution in [1.29, 1.82) is 0 Å². The molecule has 0 bridgehead atoms. The van der Waals surface area contributed by atoms with Gasteiger partial charge in [0.1, 0.15) is 0 Å². The van der Waals surface area contributed by atoms with Crippen LogP contribution in [0.3, 0.4) is 0 Å². The van der Waals surface area contributed by atoms with E-state index in [4.69, 9.17) is 0 Å². The number of allylic oxidation sites excluding steroid dienone is 4. The lowest BCUT2D eigenvalue weighted by molar-refractivity contribution is 0.870. The van der Waals surface area contributed by atoms with Crippen LogP contribution in [0.2, 0.25) is 182 Å². The molecule has 0 fully saturated rings. The van der Waals surface area contributed by atoms with Crippen LogP contribution in [0.5, 0.6) is 0 Å². The standard InChI is InChI=1S/C54H100Si10/c1-39-38-54(4,41(3)40(39)2)64(42-32-45(55(5,6)7)51(61(23,24)25)46(33-42)56(8,9)10,43-34-47(57(11,12)13)52(62(26,27)28)48(35-43)58(14,15)16)44-36-49(59(17,18)19)53(63(29,30)31)50(37-44)60(20,21)22/h32-38H,1-31H3. The Kier molecular flexibility index (Phi) is 14.9. The molecule has 0 spiro atoms. The molecule has 0 saturated carbocycles. The van der Waals surface area contributed by atoms with E-state index in [0.717, 1.165) is 0 Å². The quantitative estimate of drug-likeness (QED) is 0.118. The third-order valence-electron chi connectivity index (χ3n) is 15.0. The molecule has 1 aliphatic rings. The summed E-state index contributed by atoms with van der Waals surface area (Å²) in [5, 5.41) is 21.1. The highest BCUT2D eigenvalue weighted by Crippen LogP contribution is 2.52. The molecule has 1 aliphatic carbocycles. The molecule has 0 aromatic heterocycles. The molecule has 0 saturated heterocycles. The van der Waals surface area contributed by atoms with E-state index in [-0.39, 0.29) is 5.04 Å². The summed E-state index contributed by atoms with van der Waals surface area (Å²) >= 11 is 0. The Morgan fingerprint density at radius 3 is 0.609 bits per heavy atom. The molecular weight excluding hydrogens is 929 g/mol. The molecule has 0 radical (unpaired) electrons. The Labute approximate surface area is 408 Å². The van der Waals surface area contributed by atoms with Crippen LogP contribution in [-0.2, 0) is 0 Å². The molecule has 1 unspecified atom stereocenters. The average molecular weight is 1030 g/mol.